The molecule has 0 aliphatic heterocycles. The Kier molecular flexibility index (Phi) is 4.60. The van der Waals surface area contributed by atoms with E-state index in [0.717, 1.165) is 18.9 Å². The highest BCUT2D eigenvalue weighted by molar-refractivity contribution is 4.86. The molecule has 15 heavy (non-hydrogen) atoms. The number of nitrogens with one attached hydrogen (secondary N) is 1. The topological polar surface area (TPSA) is 32.3 Å². The molecule has 0 spiro atoms. The molecule has 0 saturated heterocycles. The Morgan fingerprint density at radius 2 is 2.13 bits per heavy atom. The summed E-state index contributed by atoms with van der Waals surface area (Å²) in [5.41, 5.74) is 0.0301. The van der Waals surface area contributed by atoms with Crippen LogP contribution in [0.25, 0.3) is 0 Å². The number of aliphatic hydroxyl groups is 1. The van der Waals surface area contributed by atoms with Crippen LogP contribution in [-0.4, -0.2) is 23.8 Å². The first-order chi connectivity index (χ1) is 6.99. The first kappa shape index (κ1) is 13.0. The maximum absolute atomic E-state index is 9.77. The van der Waals surface area contributed by atoms with E-state index in [-0.39, 0.29) is 11.5 Å². The van der Waals surface area contributed by atoms with Gasteiger partial charge < -0.3 is 10.4 Å². The van der Waals surface area contributed by atoms with Crippen molar-refractivity contribution in [3.63, 3.8) is 0 Å². The Labute approximate surface area is 94.5 Å². The lowest BCUT2D eigenvalue weighted by atomic mass is 9.82. The highest BCUT2D eigenvalue weighted by Gasteiger charge is 2.30. The molecule has 0 heterocycles. The number of hydrogen-bond acceptors (Lipinski definition) is 2. The van der Waals surface area contributed by atoms with Gasteiger partial charge in [-0.3, -0.25) is 0 Å². The number of rotatable bonds is 5. The zero-order valence-corrected chi connectivity index (χ0v) is 10.7. The summed E-state index contributed by atoms with van der Waals surface area (Å²) >= 11 is 0. The van der Waals surface area contributed by atoms with Gasteiger partial charge in [0.05, 0.1) is 6.10 Å². The Morgan fingerprint density at radius 1 is 1.47 bits per heavy atom. The van der Waals surface area contributed by atoms with Crippen molar-refractivity contribution in [1.29, 1.82) is 0 Å². The van der Waals surface area contributed by atoms with Gasteiger partial charge >= 0.3 is 0 Å². The van der Waals surface area contributed by atoms with E-state index < -0.39 is 0 Å². The molecule has 2 heteroatoms. The SMILES string of the molecule is CCC(C)(CNC1CCCC1C)C(C)O. The molecule has 4 unspecified atom stereocenters. The fraction of sp³-hybridized carbons (Fsp3) is 1.00. The minimum atomic E-state index is -0.230. The highest BCUT2D eigenvalue weighted by atomic mass is 16.3. The van der Waals surface area contributed by atoms with Crippen molar-refractivity contribution in [2.45, 2.75) is 65.5 Å². The van der Waals surface area contributed by atoms with Crippen molar-refractivity contribution < 1.29 is 5.11 Å². The molecule has 2 N–H and O–H groups in total. The maximum Gasteiger partial charge on any atom is 0.0577 e. The van der Waals surface area contributed by atoms with Crippen LogP contribution < -0.4 is 5.32 Å². The Hall–Kier alpha value is -0.0800. The van der Waals surface area contributed by atoms with E-state index in [2.05, 4.69) is 26.1 Å². The lowest BCUT2D eigenvalue weighted by Gasteiger charge is -2.33. The highest BCUT2D eigenvalue weighted by Crippen LogP contribution is 2.28. The second-order valence-corrected chi connectivity index (χ2v) is 5.58. The van der Waals surface area contributed by atoms with Crippen LogP contribution in [0, 0.1) is 11.3 Å². The van der Waals surface area contributed by atoms with Crippen LogP contribution in [0.4, 0.5) is 0 Å². The Balaban J connectivity index is 2.40. The molecule has 0 aromatic carbocycles. The van der Waals surface area contributed by atoms with Crippen molar-refractivity contribution in [3.8, 4) is 0 Å². The second kappa shape index (κ2) is 5.31. The minimum Gasteiger partial charge on any atom is -0.393 e. The molecule has 1 saturated carbocycles. The van der Waals surface area contributed by atoms with Gasteiger partial charge in [0.2, 0.25) is 0 Å². The number of hydrogen-bond donors (Lipinski definition) is 2. The maximum atomic E-state index is 9.77. The number of aliphatic hydroxyl groups excluding tert-OH is 1. The third-order valence-corrected chi connectivity index (χ3v) is 4.45. The molecule has 0 radical (unpaired) electrons. The molecule has 0 aromatic heterocycles. The van der Waals surface area contributed by atoms with Gasteiger partial charge in [0.25, 0.3) is 0 Å². The summed E-state index contributed by atoms with van der Waals surface area (Å²) < 4.78 is 0. The van der Waals surface area contributed by atoms with Crippen LogP contribution in [0.2, 0.25) is 0 Å². The predicted octanol–water partition coefficient (Wildman–Crippen LogP) is 2.56. The van der Waals surface area contributed by atoms with E-state index in [4.69, 9.17) is 0 Å². The largest absolute Gasteiger partial charge is 0.393 e. The third-order valence-electron chi connectivity index (χ3n) is 4.45. The normalized spacial score (nSPS) is 32.6. The molecule has 0 bridgehead atoms. The molecular weight excluding hydrogens is 186 g/mol. The predicted molar refractivity (Wildman–Crippen MR) is 64.9 cm³/mol. The van der Waals surface area contributed by atoms with Crippen molar-refractivity contribution in [2.75, 3.05) is 6.54 Å². The van der Waals surface area contributed by atoms with Gasteiger partial charge in [0, 0.05) is 18.0 Å². The van der Waals surface area contributed by atoms with E-state index in [0.29, 0.717) is 6.04 Å². The lowest BCUT2D eigenvalue weighted by Crippen LogP contribution is -2.44. The van der Waals surface area contributed by atoms with E-state index >= 15 is 0 Å². The van der Waals surface area contributed by atoms with Crippen molar-refractivity contribution >= 4 is 0 Å². The quantitative estimate of drug-likeness (QED) is 0.735. The molecule has 2 nitrogen and oxygen atoms in total. The van der Waals surface area contributed by atoms with E-state index in [1.807, 2.05) is 6.92 Å². The Bertz CT molecular complexity index is 193. The van der Waals surface area contributed by atoms with Crippen molar-refractivity contribution in [3.05, 3.63) is 0 Å². The summed E-state index contributed by atoms with van der Waals surface area (Å²) in [5.74, 6) is 0.806. The van der Waals surface area contributed by atoms with Crippen LogP contribution in [0.1, 0.15) is 53.4 Å². The molecule has 1 fully saturated rings. The fourth-order valence-electron chi connectivity index (χ4n) is 2.38. The summed E-state index contributed by atoms with van der Waals surface area (Å²) in [5, 5.41) is 13.4. The standard InChI is InChI=1S/C13H27NO/c1-5-13(4,11(3)15)9-14-12-8-6-7-10(12)2/h10-12,14-15H,5-9H2,1-4H3. The lowest BCUT2D eigenvalue weighted by molar-refractivity contribution is 0.0461. The monoisotopic (exact) mass is 213 g/mol. The molecule has 0 amide bonds. The minimum absolute atomic E-state index is 0.0301. The first-order valence-corrected chi connectivity index (χ1v) is 6.41. The van der Waals surface area contributed by atoms with Crippen LogP contribution in [0.3, 0.4) is 0 Å². The summed E-state index contributed by atoms with van der Waals surface area (Å²) in [6.07, 6.45) is 4.82. The molecule has 90 valence electrons. The van der Waals surface area contributed by atoms with Gasteiger partial charge in [0.1, 0.15) is 0 Å². The smallest absolute Gasteiger partial charge is 0.0577 e. The molecule has 1 rings (SSSR count). The average molecular weight is 213 g/mol. The van der Waals surface area contributed by atoms with Crippen molar-refractivity contribution in [2.24, 2.45) is 11.3 Å². The van der Waals surface area contributed by atoms with Crippen LogP contribution >= 0.6 is 0 Å². The molecule has 1 aliphatic rings. The molecule has 4 atom stereocenters. The zero-order valence-electron chi connectivity index (χ0n) is 10.7. The fourth-order valence-corrected chi connectivity index (χ4v) is 2.38. The summed E-state index contributed by atoms with van der Waals surface area (Å²) in [6.45, 7) is 9.51. The van der Waals surface area contributed by atoms with E-state index in [1.165, 1.54) is 19.3 Å². The first-order valence-electron chi connectivity index (χ1n) is 6.41. The molecule has 1 aliphatic carbocycles. The van der Waals surface area contributed by atoms with E-state index in [1.54, 1.807) is 0 Å². The summed E-state index contributed by atoms with van der Waals surface area (Å²) in [6, 6.07) is 0.676. The zero-order chi connectivity index (χ0) is 11.5. The summed E-state index contributed by atoms with van der Waals surface area (Å²) in [7, 11) is 0. The van der Waals surface area contributed by atoms with Gasteiger partial charge in [0.15, 0.2) is 0 Å². The van der Waals surface area contributed by atoms with Crippen LogP contribution in [-0.2, 0) is 0 Å². The summed E-state index contributed by atoms with van der Waals surface area (Å²) in [4.78, 5) is 0. The second-order valence-electron chi connectivity index (χ2n) is 5.58. The van der Waals surface area contributed by atoms with Gasteiger partial charge in [-0.05, 0) is 32.1 Å². The van der Waals surface area contributed by atoms with Gasteiger partial charge in [-0.2, -0.15) is 0 Å². The molecule has 0 aromatic rings. The van der Waals surface area contributed by atoms with Gasteiger partial charge in [-0.25, -0.2) is 0 Å². The average Bonchev–Trinajstić information content (AvgIpc) is 2.60. The molecular formula is C13H27NO. The van der Waals surface area contributed by atoms with Crippen molar-refractivity contribution in [1.82, 2.24) is 5.32 Å². The van der Waals surface area contributed by atoms with Gasteiger partial charge in [-0.15, -0.1) is 0 Å². The van der Waals surface area contributed by atoms with Crippen LogP contribution in [0.15, 0.2) is 0 Å². The Morgan fingerprint density at radius 3 is 2.53 bits per heavy atom. The van der Waals surface area contributed by atoms with E-state index in [9.17, 15) is 5.11 Å². The van der Waals surface area contributed by atoms with Gasteiger partial charge in [-0.1, -0.05) is 27.2 Å². The third kappa shape index (κ3) is 3.18. The van der Waals surface area contributed by atoms with Crippen LogP contribution in [0.5, 0.6) is 0 Å².